The SMILES string of the molecule is CCCNC(=O)C(=O)N/N=C\c1ccc(OCC(=O)Nc2ccc(F)cc2)c(OC)c1. The van der Waals surface area contributed by atoms with Crippen LogP contribution in [-0.2, 0) is 14.4 Å². The summed E-state index contributed by atoms with van der Waals surface area (Å²) < 4.78 is 23.6. The lowest BCUT2D eigenvalue weighted by atomic mass is 10.2. The molecule has 3 amide bonds. The summed E-state index contributed by atoms with van der Waals surface area (Å²) in [7, 11) is 1.43. The summed E-state index contributed by atoms with van der Waals surface area (Å²) in [5.41, 5.74) is 3.14. The number of nitrogens with zero attached hydrogens (tertiary/aromatic N) is 1. The molecule has 0 unspecified atom stereocenters. The Hall–Kier alpha value is -3.95. The lowest BCUT2D eigenvalue weighted by molar-refractivity contribution is -0.139. The van der Waals surface area contributed by atoms with Crippen LogP contribution >= 0.6 is 0 Å². The maximum atomic E-state index is 12.9. The molecule has 0 saturated heterocycles. The average molecular weight is 430 g/mol. The summed E-state index contributed by atoms with van der Waals surface area (Å²) in [4.78, 5) is 35.0. The molecule has 31 heavy (non-hydrogen) atoms. The van der Waals surface area contributed by atoms with E-state index in [0.29, 0.717) is 35.7 Å². The number of methoxy groups -OCH3 is 1. The number of halogens is 1. The molecule has 2 rings (SSSR count). The zero-order valence-electron chi connectivity index (χ0n) is 17.1. The quantitative estimate of drug-likeness (QED) is 0.319. The van der Waals surface area contributed by atoms with Crippen molar-refractivity contribution in [3.8, 4) is 11.5 Å². The Morgan fingerprint density at radius 1 is 1.06 bits per heavy atom. The van der Waals surface area contributed by atoms with Gasteiger partial charge in [0.1, 0.15) is 5.82 Å². The van der Waals surface area contributed by atoms with E-state index in [-0.39, 0.29) is 6.61 Å². The summed E-state index contributed by atoms with van der Waals surface area (Å²) >= 11 is 0. The minimum absolute atomic E-state index is 0.288. The van der Waals surface area contributed by atoms with Crippen LogP contribution in [0.1, 0.15) is 18.9 Å². The second-order valence-electron chi connectivity index (χ2n) is 6.21. The molecule has 2 aromatic carbocycles. The summed E-state index contributed by atoms with van der Waals surface area (Å²) in [5.74, 6) is -1.81. The van der Waals surface area contributed by atoms with Gasteiger partial charge in [0, 0.05) is 12.2 Å². The standard InChI is InChI=1S/C21H23FN4O5/c1-3-10-23-20(28)21(29)26-24-12-14-4-9-17(18(11-14)30-2)31-13-19(27)25-16-7-5-15(22)6-8-16/h4-9,11-12H,3,10,13H2,1-2H3,(H,23,28)(H,25,27)(H,26,29)/b24-12-. The number of hydrogen-bond acceptors (Lipinski definition) is 6. The summed E-state index contributed by atoms with van der Waals surface area (Å²) in [6.45, 7) is 1.98. The lowest BCUT2D eigenvalue weighted by Crippen LogP contribution is -2.38. The molecule has 3 N–H and O–H groups in total. The first-order valence-electron chi connectivity index (χ1n) is 9.40. The number of carbonyl (C=O) groups excluding carboxylic acids is 3. The summed E-state index contributed by atoms with van der Waals surface area (Å²) in [6.07, 6.45) is 2.04. The second-order valence-corrected chi connectivity index (χ2v) is 6.21. The molecular weight excluding hydrogens is 407 g/mol. The number of hydrogen-bond donors (Lipinski definition) is 3. The Balaban J connectivity index is 1.90. The number of ether oxygens (including phenoxy) is 2. The first-order valence-corrected chi connectivity index (χ1v) is 9.40. The van der Waals surface area contributed by atoms with E-state index in [4.69, 9.17) is 9.47 Å². The molecule has 2 aromatic rings. The molecule has 0 aliphatic heterocycles. The highest BCUT2D eigenvalue weighted by Gasteiger charge is 2.11. The largest absolute Gasteiger partial charge is 0.493 e. The van der Waals surface area contributed by atoms with E-state index in [1.807, 2.05) is 6.92 Å². The van der Waals surface area contributed by atoms with Gasteiger partial charge in [-0.3, -0.25) is 14.4 Å². The van der Waals surface area contributed by atoms with Crippen molar-refractivity contribution < 1.29 is 28.2 Å². The molecule has 9 nitrogen and oxygen atoms in total. The van der Waals surface area contributed by atoms with Gasteiger partial charge in [-0.25, -0.2) is 9.82 Å². The molecule has 0 bridgehead atoms. The van der Waals surface area contributed by atoms with E-state index in [1.165, 1.54) is 37.6 Å². The van der Waals surface area contributed by atoms with Crippen LogP contribution in [0.15, 0.2) is 47.6 Å². The van der Waals surface area contributed by atoms with Crippen molar-refractivity contribution >= 4 is 29.6 Å². The van der Waals surface area contributed by atoms with Gasteiger partial charge in [-0.05, 0) is 54.4 Å². The van der Waals surface area contributed by atoms with Crippen molar-refractivity contribution in [3.63, 3.8) is 0 Å². The predicted octanol–water partition coefficient (Wildman–Crippen LogP) is 1.83. The van der Waals surface area contributed by atoms with Gasteiger partial charge in [-0.15, -0.1) is 0 Å². The van der Waals surface area contributed by atoms with Gasteiger partial charge in [-0.1, -0.05) is 6.92 Å². The van der Waals surface area contributed by atoms with Gasteiger partial charge in [0.05, 0.1) is 13.3 Å². The van der Waals surface area contributed by atoms with Crippen LogP contribution in [0.2, 0.25) is 0 Å². The van der Waals surface area contributed by atoms with Crippen molar-refractivity contribution in [2.75, 3.05) is 25.6 Å². The van der Waals surface area contributed by atoms with Crippen molar-refractivity contribution in [1.29, 1.82) is 0 Å². The maximum absolute atomic E-state index is 12.9. The van der Waals surface area contributed by atoms with E-state index in [1.54, 1.807) is 18.2 Å². The van der Waals surface area contributed by atoms with Gasteiger partial charge in [-0.2, -0.15) is 5.10 Å². The van der Waals surface area contributed by atoms with E-state index in [2.05, 4.69) is 21.2 Å². The first kappa shape index (κ1) is 23.3. The molecule has 10 heteroatoms. The summed E-state index contributed by atoms with van der Waals surface area (Å²) in [6, 6.07) is 10.1. The molecular formula is C21H23FN4O5. The zero-order valence-corrected chi connectivity index (χ0v) is 17.1. The third-order valence-corrected chi connectivity index (χ3v) is 3.80. The van der Waals surface area contributed by atoms with E-state index in [9.17, 15) is 18.8 Å². The minimum atomic E-state index is -0.871. The number of nitrogens with one attached hydrogen (secondary N) is 3. The van der Waals surface area contributed by atoms with Gasteiger partial charge in [0.15, 0.2) is 18.1 Å². The van der Waals surface area contributed by atoms with Crippen LogP contribution < -0.4 is 25.5 Å². The van der Waals surface area contributed by atoms with Crippen LogP contribution in [0, 0.1) is 5.82 Å². The molecule has 0 fully saturated rings. The number of hydrazone groups is 1. The van der Waals surface area contributed by atoms with E-state index >= 15 is 0 Å². The molecule has 0 heterocycles. The fourth-order valence-corrected chi connectivity index (χ4v) is 2.29. The number of rotatable bonds is 9. The van der Waals surface area contributed by atoms with Gasteiger partial charge < -0.3 is 20.1 Å². The van der Waals surface area contributed by atoms with Crippen molar-refractivity contribution in [2.24, 2.45) is 5.10 Å². The topological polar surface area (TPSA) is 118 Å². The van der Waals surface area contributed by atoms with Crippen LogP contribution in [0.3, 0.4) is 0 Å². The summed E-state index contributed by atoms with van der Waals surface area (Å²) in [5, 5.41) is 8.75. The highest BCUT2D eigenvalue weighted by molar-refractivity contribution is 6.35. The fourth-order valence-electron chi connectivity index (χ4n) is 2.29. The molecule has 164 valence electrons. The molecule has 0 radical (unpaired) electrons. The van der Waals surface area contributed by atoms with Gasteiger partial charge in [0.25, 0.3) is 5.91 Å². The molecule has 0 aliphatic carbocycles. The van der Waals surface area contributed by atoms with Crippen molar-refractivity contribution in [1.82, 2.24) is 10.7 Å². The predicted molar refractivity (Wildman–Crippen MR) is 113 cm³/mol. The second kappa shape index (κ2) is 11.9. The highest BCUT2D eigenvalue weighted by Crippen LogP contribution is 2.27. The van der Waals surface area contributed by atoms with Crippen LogP contribution in [-0.4, -0.2) is 44.2 Å². The third-order valence-electron chi connectivity index (χ3n) is 3.80. The van der Waals surface area contributed by atoms with Crippen molar-refractivity contribution in [2.45, 2.75) is 13.3 Å². The zero-order chi connectivity index (χ0) is 22.6. The normalized spacial score (nSPS) is 10.4. The molecule has 0 atom stereocenters. The number of carbonyl (C=O) groups is 3. The number of anilines is 1. The third kappa shape index (κ3) is 7.77. The monoisotopic (exact) mass is 430 g/mol. The lowest BCUT2D eigenvalue weighted by Gasteiger charge is -2.11. The van der Waals surface area contributed by atoms with E-state index < -0.39 is 23.5 Å². The van der Waals surface area contributed by atoms with Crippen LogP contribution in [0.4, 0.5) is 10.1 Å². The minimum Gasteiger partial charge on any atom is -0.493 e. The first-order chi connectivity index (χ1) is 14.9. The molecule has 0 saturated carbocycles. The Morgan fingerprint density at radius 2 is 1.81 bits per heavy atom. The Morgan fingerprint density at radius 3 is 2.48 bits per heavy atom. The average Bonchev–Trinajstić information content (AvgIpc) is 2.77. The Bertz CT molecular complexity index is 947. The molecule has 0 aromatic heterocycles. The van der Waals surface area contributed by atoms with E-state index in [0.717, 1.165) is 0 Å². The molecule has 0 aliphatic rings. The van der Waals surface area contributed by atoms with Crippen LogP contribution in [0.25, 0.3) is 0 Å². The number of benzene rings is 2. The maximum Gasteiger partial charge on any atom is 0.329 e. The van der Waals surface area contributed by atoms with Gasteiger partial charge >= 0.3 is 11.8 Å². The Labute approximate surface area is 178 Å². The number of amides is 3. The highest BCUT2D eigenvalue weighted by atomic mass is 19.1. The van der Waals surface area contributed by atoms with Crippen molar-refractivity contribution in [3.05, 3.63) is 53.8 Å². The fraction of sp³-hybridized carbons (Fsp3) is 0.238. The molecule has 0 spiro atoms. The smallest absolute Gasteiger partial charge is 0.329 e. The van der Waals surface area contributed by atoms with Crippen LogP contribution in [0.5, 0.6) is 11.5 Å². The van der Waals surface area contributed by atoms with Gasteiger partial charge in [0.2, 0.25) is 0 Å². The Kier molecular flexibility index (Phi) is 8.96.